The number of hydrogen-bond donors (Lipinski definition) is 4. The molecule has 17 nitrogen and oxygen atoms in total. The van der Waals surface area contributed by atoms with Gasteiger partial charge in [-0.05, 0) is 99.4 Å². The summed E-state index contributed by atoms with van der Waals surface area (Å²) < 4.78 is 23.4. The van der Waals surface area contributed by atoms with E-state index in [1.807, 2.05) is 24.9 Å². The number of aliphatic imine (C=N–C) groups is 1. The van der Waals surface area contributed by atoms with E-state index in [0.717, 1.165) is 78.8 Å². The number of carbonyl (C=O) groups excluding carboxylic acids is 5. The largest absolute Gasteiger partial charge is 0.477 e. The Kier molecular flexibility index (Phi) is 12.0. The first kappa shape index (κ1) is 42.8. The number of hydrogen-bond acceptors (Lipinski definition) is 13. The number of halogens is 1. The number of pyridine rings is 1. The number of aryl methyl sites for hydroxylation is 2. The minimum absolute atomic E-state index is 0.0152. The van der Waals surface area contributed by atoms with Crippen LogP contribution in [0.1, 0.15) is 87.8 Å². The topological polar surface area (TPSA) is 195 Å². The van der Waals surface area contributed by atoms with Gasteiger partial charge < -0.3 is 30.5 Å². The molecule has 2 saturated heterocycles. The number of nitrogens with one attached hydrogen (secondary N) is 4. The van der Waals surface area contributed by atoms with Crippen LogP contribution in [0.15, 0.2) is 53.7 Å². The summed E-state index contributed by atoms with van der Waals surface area (Å²) in [5.41, 5.74) is 5.71. The van der Waals surface area contributed by atoms with Crippen molar-refractivity contribution in [2.45, 2.75) is 65.0 Å². The second-order valence-electron chi connectivity index (χ2n) is 17.4. The summed E-state index contributed by atoms with van der Waals surface area (Å²) in [6.45, 7) is 9.40. The van der Waals surface area contributed by atoms with Crippen molar-refractivity contribution in [2.75, 3.05) is 61.0 Å². The third kappa shape index (κ3) is 8.58. The van der Waals surface area contributed by atoms with Gasteiger partial charge in [0.1, 0.15) is 11.9 Å². The molecule has 334 valence electrons. The second kappa shape index (κ2) is 17.9. The molecule has 5 amide bonds. The molecule has 0 spiro atoms. The fourth-order valence-corrected chi connectivity index (χ4v) is 9.27. The van der Waals surface area contributed by atoms with Crippen molar-refractivity contribution in [2.24, 2.45) is 23.9 Å². The summed E-state index contributed by atoms with van der Waals surface area (Å²) in [4.78, 5) is 78.5. The van der Waals surface area contributed by atoms with Gasteiger partial charge in [0.05, 0.1) is 52.3 Å². The second-order valence-corrected chi connectivity index (χ2v) is 17.4. The molecular weight excluding hydrogens is 822 g/mol. The van der Waals surface area contributed by atoms with Gasteiger partial charge in [0.2, 0.25) is 23.7 Å². The third-order valence-corrected chi connectivity index (χ3v) is 12.7. The number of guanidine groups is 1. The highest BCUT2D eigenvalue weighted by molar-refractivity contribution is 6.24. The maximum Gasteiger partial charge on any atom is 0.280 e. The molecule has 0 aliphatic carbocycles. The third-order valence-electron chi connectivity index (χ3n) is 12.7. The monoisotopic (exact) mass is 873 g/mol. The molecule has 1 unspecified atom stereocenters. The van der Waals surface area contributed by atoms with Crippen molar-refractivity contribution in [1.29, 1.82) is 0 Å². The van der Waals surface area contributed by atoms with Gasteiger partial charge in [0.25, 0.3) is 17.7 Å². The first-order valence-electron chi connectivity index (χ1n) is 22.1. The SMILES string of the molecule is Cc1cc2cc(n1)-c1cnn(C)c1OCCC[C@@H](C)CN1/C(=N/C2=O)Nc2ccc(CNCCNCC3CCN(c4cc5c(cc4F)C(=O)N(C4CCC(=O)NC4=O)C5=O)CC3)cc21. The van der Waals surface area contributed by atoms with E-state index in [1.54, 1.807) is 23.0 Å². The Balaban J connectivity index is 0.769. The fraction of sp³-hybridized carbons (Fsp3) is 0.435. The number of carbonyl (C=O) groups is 5. The molecule has 64 heavy (non-hydrogen) atoms. The zero-order valence-corrected chi connectivity index (χ0v) is 36.2. The van der Waals surface area contributed by atoms with Gasteiger partial charge >= 0.3 is 0 Å². The van der Waals surface area contributed by atoms with Gasteiger partial charge in [0.15, 0.2) is 0 Å². The van der Waals surface area contributed by atoms with E-state index in [0.29, 0.717) is 67.5 Å². The molecule has 0 saturated carbocycles. The molecule has 2 aromatic carbocycles. The van der Waals surface area contributed by atoms with Crippen LogP contribution in [0.25, 0.3) is 11.3 Å². The molecule has 7 heterocycles. The van der Waals surface area contributed by atoms with E-state index in [2.05, 4.69) is 55.3 Å². The minimum Gasteiger partial charge on any atom is -0.477 e. The van der Waals surface area contributed by atoms with Gasteiger partial charge in [-0.2, -0.15) is 10.1 Å². The van der Waals surface area contributed by atoms with Crippen molar-refractivity contribution in [1.82, 2.24) is 35.6 Å². The molecule has 2 fully saturated rings. The Morgan fingerprint density at radius 2 is 1.67 bits per heavy atom. The highest BCUT2D eigenvalue weighted by atomic mass is 19.1. The van der Waals surface area contributed by atoms with Crippen molar-refractivity contribution in [3.8, 4) is 17.1 Å². The van der Waals surface area contributed by atoms with Crippen LogP contribution in [-0.2, 0) is 23.2 Å². The maximum atomic E-state index is 15.4. The Hall–Kier alpha value is -6.53. The molecule has 0 radical (unpaired) electrons. The summed E-state index contributed by atoms with van der Waals surface area (Å²) in [6.07, 6.45) is 5.17. The van der Waals surface area contributed by atoms with Gasteiger partial charge in [-0.3, -0.25) is 39.2 Å². The molecule has 4 aromatic rings. The van der Waals surface area contributed by atoms with Gasteiger partial charge in [-0.1, -0.05) is 13.0 Å². The van der Waals surface area contributed by atoms with Crippen molar-refractivity contribution in [3.63, 3.8) is 0 Å². The van der Waals surface area contributed by atoms with E-state index < -0.39 is 35.5 Å². The van der Waals surface area contributed by atoms with Crippen LogP contribution < -0.4 is 35.8 Å². The minimum atomic E-state index is -1.10. The number of amides is 5. The molecule has 5 aliphatic heterocycles. The molecule has 18 heteroatoms. The number of nitrogens with zero attached hydrogens (tertiary/aromatic N) is 7. The van der Waals surface area contributed by atoms with Crippen LogP contribution in [0.4, 0.5) is 21.5 Å². The smallest absolute Gasteiger partial charge is 0.280 e. The van der Waals surface area contributed by atoms with Crippen LogP contribution in [-0.4, -0.2) is 107 Å². The standard InChI is InChI=1S/C46H52FN11O6/c1-26-5-4-16-64-45-33(24-50-55(45)3)36-19-30(17-27(2)51-36)41(60)54-46-52-35-7-6-29(18-39(35)57(46)25-26)23-49-13-12-48-22-28-10-14-56(15-11-28)38-21-32-31(20-34(38)47)43(62)58(44(32)63)37-8-9-40(59)53-42(37)61/h6-7,17-21,24,26,28,37,48-49H,4-5,8-16,22-23,25H2,1-3H3,(H,52,54,60)(H,53,59,61)/t26-,37?/m1/s1. The van der Waals surface area contributed by atoms with Crippen LogP contribution in [0, 0.1) is 24.6 Å². The summed E-state index contributed by atoms with van der Waals surface area (Å²) in [5, 5.41) is 17.1. The number of anilines is 3. The number of imide groups is 2. The Morgan fingerprint density at radius 3 is 2.47 bits per heavy atom. The first-order valence-corrected chi connectivity index (χ1v) is 22.1. The van der Waals surface area contributed by atoms with Crippen molar-refractivity contribution < 1.29 is 33.1 Å². The van der Waals surface area contributed by atoms with E-state index in [-0.39, 0.29) is 41.5 Å². The molecule has 9 rings (SSSR count). The van der Waals surface area contributed by atoms with Crippen LogP contribution in [0.2, 0.25) is 0 Å². The lowest BCUT2D eigenvalue weighted by Crippen LogP contribution is -2.54. The number of rotatable bonds is 9. The lowest BCUT2D eigenvalue weighted by molar-refractivity contribution is -0.136. The summed E-state index contributed by atoms with van der Waals surface area (Å²) >= 11 is 0. The summed E-state index contributed by atoms with van der Waals surface area (Å²) in [7, 11) is 1.83. The predicted molar refractivity (Wildman–Crippen MR) is 237 cm³/mol. The maximum absolute atomic E-state index is 15.4. The molecule has 5 aliphatic rings. The highest BCUT2D eigenvalue weighted by Gasteiger charge is 2.45. The number of fused-ring (bicyclic) bond motifs is 8. The number of ether oxygens (including phenoxy) is 1. The lowest BCUT2D eigenvalue weighted by atomic mass is 9.96. The van der Waals surface area contributed by atoms with Crippen molar-refractivity contribution in [3.05, 3.63) is 82.4 Å². The average Bonchev–Trinajstić information content (AvgIpc) is 3.89. The quantitative estimate of drug-likeness (QED) is 0.139. The van der Waals surface area contributed by atoms with Crippen LogP contribution in [0.5, 0.6) is 5.88 Å². The van der Waals surface area contributed by atoms with Gasteiger partial charge in [0, 0.05) is 64.0 Å². The fourth-order valence-electron chi connectivity index (χ4n) is 9.27. The molecule has 2 bridgehead atoms. The molecule has 2 atom stereocenters. The zero-order valence-electron chi connectivity index (χ0n) is 36.2. The van der Waals surface area contributed by atoms with E-state index >= 15 is 4.39 Å². The van der Waals surface area contributed by atoms with Gasteiger partial charge in [-0.15, -0.1) is 0 Å². The molecular formula is C46H52FN11O6. The number of benzene rings is 2. The molecule has 4 N–H and O–H groups in total. The molecule has 2 aromatic heterocycles. The Bertz CT molecular complexity index is 2570. The van der Waals surface area contributed by atoms with E-state index in [4.69, 9.17) is 9.72 Å². The Morgan fingerprint density at radius 1 is 0.891 bits per heavy atom. The zero-order chi connectivity index (χ0) is 44.6. The van der Waals surface area contributed by atoms with E-state index in [1.165, 1.54) is 6.07 Å². The van der Waals surface area contributed by atoms with E-state index in [9.17, 15) is 24.0 Å². The Labute approximate surface area is 369 Å². The van der Waals surface area contributed by atoms with Crippen molar-refractivity contribution >= 4 is 52.6 Å². The average molecular weight is 874 g/mol. The number of aromatic nitrogens is 3. The summed E-state index contributed by atoms with van der Waals surface area (Å²) in [6, 6.07) is 11.2. The van der Waals surface area contributed by atoms with Crippen LogP contribution in [0.3, 0.4) is 0 Å². The first-order chi connectivity index (χ1) is 30.9. The van der Waals surface area contributed by atoms with Crippen LogP contribution >= 0.6 is 0 Å². The lowest BCUT2D eigenvalue weighted by Gasteiger charge is -2.34. The summed E-state index contributed by atoms with van der Waals surface area (Å²) in [5.74, 6) is -1.70. The van der Waals surface area contributed by atoms with Gasteiger partial charge in [-0.25, -0.2) is 9.07 Å². The highest BCUT2D eigenvalue weighted by Crippen LogP contribution is 2.37. The normalized spacial score (nSPS) is 21.2. The number of piperidine rings is 2. The predicted octanol–water partition coefficient (Wildman–Crippen LogP) is 4.16.